The van der Waals surface area contributed by atoms with Crippen molar-refractivity contribution >= 4 is 44.6 Å². The average Bonchev–Trinajstić information content (AvgIpc) is 2.96. The first-order valence-corrected chi connectivity index (χ1v) is 10.7. The lowest BCUT2D eigenvalue weighted by atomic mass is 10.1. The number of hydrogen-bond acceptors (Lipinski definition) is 3. The van der Waals surface area contributed by atoms with Gasteiger partial charge < -0.3 is 4.90 Å². The number of amides is 1. The molecule has 2 aromatic carbocycles. The molecule has 0 aliphatic carbocycles. The summed E-state index contributed by atoms with van der Waals surface area (Å²) in [5.74, 6) is -1.16. The smallest absolute Gasteiger partial charge is 0.303 e. The molecule has 0 spiro atoms. The highest BCUT2D eigenvalue weighted by atomic mass is 35.5. The third-order valence-corrected chi connectivity index (χ3v) is 6.74. The van der Waals surface area contributed by atoms with Gasteiger partial charge in [-0.15, -0.1) is 0 Å². The minimum atomic E-state index is -4.64. The lowest BCUT2D eigenvalue weighted by molar-refractivity contribution is -0.137. The van der Waals surface area contributed by atoms with E-state index in [1.807, 2.05) is 0 Å². The van der Waals surface area contributed by atoms with E-state index in [9.17, 15) is 26.4 Å². The van der Waals surface area contributed by atoms with Crippen LogP contribution in [0.15, 0.2) is 42.5 Å². The van der Waals surface area contributed by atoms with Crippen LogP contribution >= 0.6 is 23.2 Å². The fourth-order valence-electron chi connectivity index (χ4n) is 3.06. The van der Waals surface area contributed by atoms with Gasteiger partial charge in [-0.25, -0.2) is 8.42 Å². The van der Waals surface area contributed by atoms with Gasteiger partial charge in [0.2, 0.25) is 0 Å². The lowest BCUT2D eigenvalue weighted by Crippen LogP contribution is -2.41. The molecule has 0 saturated carbocycles. The number of nitrogens with zero attached hydrogens (tertiary/aromatic N) is 1. The number of hydrogen-bond donors (Lipinski definition) is 0. The minimum Gasteiger partial charge on any atom is -0.303 e. The zero-order valence-corrected chi connectivity index (χ0v) is 16.5. The first-order chi connectivity index (χ1) is 13.0. The molecule has 3 rings (SSSR count). The largest absolute Gasteiger partial charge is 0.416 e. The molecule has 1 aliphatic rings. The molecule has 1 saturated heterocycles. The van der Waals surface area contributed by atoms with Gasteiger partial charge >= 0.3 is 6.18 Å². The molecule has 28 heavy (non-hydrogen) atoms. The number of halogens is 5. The number of benzene rings is 2. The van der Waals surface area contributed by atoms with Crippen molar-refractivity contribution in [1.82, 2.24) is 0 Å². The van der Waals surface area contributed by atoms with Crippen LogP contribution in [0.5, 0.6) is 0 Å². The molecule has 0 aromatic heterocycles. The number of anilines is 1. The molecular weight excluding hydrogens is 438 g/mol. The Bertz CT molecular complexity index is 1010. The summed E-state index contributed by atoms with van der Waals surface area (Å²) in [5, 5.41) is 0.295. The first-order valence-electron chi connectivity index (χ1n) is 8.14. The van der Waals surface area contributed by atoms with Crippen molar-refractivity contribution in [3.63, 3.8) is 0 Å². The molecule has 150 valence electrons. The first kappa shape index (κ1) is 21.0. The Morgan fingerprint density at radius 2 is 1.71 bits per heavy atom. The molecule has 1 unspecified atom stereocenters. The Balaban J connectivity index is 2.12. The molecule has 1 aliphatic heterocycles. The van der Waals surface area contributed by atoms with Gasteiger partial charge in [-0.2, -0.15) is 13.2 Å². The lowest BCUT2D eigenvalue weighted by Gasteiger charge is -2.30. The van der Waals surface area contributed by atoms with Crippen LogP contribution in [-0.2, 0) is 16.0 Å². The van der Waals surface area contributed by atoms with Crippen LogP contribution in [0.1, 0.15) is 22.3 Å². The van der Waals surface area contributed by atoms with E-state index in [0.29, 0.717) is 5.02 Å². The highest BCUT2D eigenvalue weighted by molar-refractivity contribution is 7.91. The summed E-state index contributed by atoms with van der Waals surface area (Å²) in [5.41, 5.74) is -1.01. The third-order valence-electron chi connectivity index (χ3n) is 4.42. The Morgan fingerprint density at radius 1 is 1.07 bits per heavy atom. The topological polar surface area (TPSA) is 54.5 Å². The van der Waals surface area contributed by atoms with Gasteiger partial charge in [-0.05, 0) is 48.9 Å². The summed E-state index contributed by atoms with van der Waals surface area (Å²) in [6.45, 7) is 0. The summed E-state index contributed by atoms with van der Waals surface area (Å²) in [6.07, 6.45) is -4.54. The van der Waals surface area contributed by atoms with Gasteiger partial charge in [-0.3, -0.25) is 4.79 Å². The monoisotopic (exact) mass is 451 g/mol. The molecule has 2 aromatic rings. The van der Waals surface area contributed by atoms with Gasteiger partial charge in [0, 0.05) is 10.6 Å². The van der Waals surface area contributed by atoms with Crippen molar-refractivity contribution < 1.29 is 26.4 Å². The Morgan fingerprint density at radius 3 is 2.25 bits per heavy atom. The summed E-state index contributed by atoms with van der Waals surface area (Å²) in [4.78, 5) is 14.2. The van der Waals surface area contributed by atoms with E-state index in [1.54, 1.807) is 0 Å². The molecule has 1 amide bonds. The Kier molecular flexibility index (Phi) is 5.67. The zero-order chi connectivity index (χ0) is 20.7. The molecule has 1 heterocycles. The number of rotatable bonds is 3. The van der Waals surface area contributed by atoms with Crippen molar-refractivity contribution in [3.8, 4) is 0 Å². The van der Waals surface area contributed by atoms with Crippen LogP contribution in [0.4, 0.5) is 18.9 Å². The molecule has 10 heteroatoms. The standard InChI is InChI=1S/C18H14Cl2F3NO3S/c19-13-4-1-11(2-5-13)17(25)24(14-7-8-28(26,27)10-14)16-9-12(18(21,22)23)3-6-15(16)20/h1-6,9,14H,7-8,10H2. The third kappa shape index (κ3) is 4.45. The maximum atomic E-state index is 13.2. The molecule has 4 nitrogen and oxygen atoms in total. The number of carbonyl (C=O) groups is 1. The highest BCUT2D eigenvalue weighted by Gasteiger charge is 2.38. The van der Waals surface area contributed by atoms with E-state index in [2.05, 4.69) is 0 Å². The molecule has 0 radical (unpaired) electrons. The predicted octanol–water partition coefficient (Wildman–Crippen LogP) is 4.85. The van der Waals surface area contributed by atoms with E-state index in [1.165, 1.54) is 24.3 Å². The molecule has 1 fully saturated rings. The van der Waals surface area contributed by atoms with Crippen LogP contribution in [0.3, 0.4) is 0 Å². The van der Waals surface area contributed by atoms with Crippen LogP contribution < -0.4 is 4.90 Å². The summed E-state index contributed by atoms with van der Waals surface area (Å²) < 4.78 is 63.4. The second-order valence-corrected chi connectivity index (χ2v) is 9.48. The highest BCUT2D eigenvalue weighted by Crippen LogP contribution is 2.38. The van der Waals surface area contributed by atoms with Gasteiger partial charge in [0.15, 0.2) is 9.84 Å². The van der Waals surface area contributed by atoms with E-state index < -0.39 is 33.5 Å². The quantitative estimate of drug-likeness (QED) is 0.670. The van der Waals surface area contributed by atoms with E-state index in [0.717, 1.165) is 23.1 Å². The van der Waals surface area contributed by atoms with E-state index in [-0.39, 0.29) is 34.2 Å². The molecular formula is C18H14Cl2F3NO3S. The van der Waals surface area contributed by atoms with Crippen LogP contribution in [-0.4, -0.2) is 31.9 Å². The normalized spacial score (nSPS) is 18.8. The Labute approximate surface area is 169 Å². The minimum absolute atomic E-state index is 0.0837. The average molecular weight is 452 g/mol. The summed E-state index contributed by atoms with van der Waals surface area (Å²) in [7, 11) is -3.40. The van der Waals surface area contributed by atoms with Gasteiger partial charge in [-0.1, -0.05) is 23.2 Å². The predicted molar refractivity (Wildman–Crippen MR) is 102 cm³/mol. The van der Waals surface area contributed by atoms with Crippen molar-refractivity contribution in [3.05, 3.63) is 63.6 Å². The summed E-state index contributed by atoms with van der Waals surface area (Å²) in [6, 6.07) is 7.56. The molecule has 0 N–H and O–H groups in total. The fraction of sp³-hybridized carbons (Fsp3) is 0.278. The van der Waals surface area contributed by atoms with E-state index >= 15 is 0 Å². The summed E-state index contributed by atoms with van der Waals surface area (Å²) >= 11 is 11.9. The maximum Gasteiger partial charge on any atom is 0.416 e. The number of sulfone groups is 1. The SMILES string of the molecule is O=C(c1ccc(Cl)cc1)N(c1cc(C(F)(F)F)ccc1Cl)C1CCS(=O)(=O)C1. The molecule has 0 bridgehead atoms. The zero-order valence-electron chi connectivity index (χ0n) is 14.2. The van der Waals surface area contributed by atoms with Crippen LogP contribution in [0.25, 0.3) is 0 Å². The van der Waals surface area contributed by atoms with Gasteiger partial charge in [0.05, 0.1) is 33.8 Å². The fourth-order valence-corrected chi connectivity index (χ4v) is 5.09. The number of alkyl halides is 3. The van der Waals surface area contributed by atoms with Gasteiger partial charge in [0.1, 0.15) is 0 Å². The second kappa shape index (κ2) is 7.57. The van der Waals surface area contributed by atoms with Crippen LogP contribution in [0, 0.1) is 0 Å². The van der Waals surface area contributed by atoms with Crippen LogP contribution in [0.2, 0.25) is 10.0 Å². The van der Waals surface area contributed by atoms with Crippen molar-refractivity contribution in [1.29, 1.82) is 0 Å². The van der Waals surface area contributed by atoms with Gasteiger partial charge in [0.25, 0.3) is 5.91 Å². The van der Waals surface area contributed by atoms with Crippen molar-refractivity contribution in [2.45, 2.75) is 18.6 Å². The van der Waals surface area contributed by atoms with Crippen molar-refractivity contribution in [2.24, 2.45) is 0 Å². The second-order valence-electron chi connectivity index (χ2n) is 6.40. The van der Waals surface area contributed by atoms with E-state index in [4.69, 9.17) is 23.2 Å². The van der Waals surface area contributed by atoms with Crippen molar-refractivity contribution in [2.75, 3.05) is 16.4 Å². The molecule has 1 atom stereocenters. The maximum absolute atomic E-state index is 13.2. The number of carbonyl (C=O) groups excluding carboxylic acids is 1. The Hall–Kier alpha value is -1.77.